The maximum absolute atomic E-state index is 12.7. The maximum atomic E-state index is 12.7. The summed E-state index contributed by atoms with van der Waals surface area (Å²) in [7, 11) is 1.68. The van der Waals surface area contributed by atoms with Crippen molar-refractivity contribution in [2.75, 3.05) is 12.4 Å². The molecule has 70 valence electrons. The summed E-state index contributed by atoms with van der Waals surface area (Å²) in [5, 5.41) is 2.78. The molecule has 1 fully saturated rings. The van der Waals surface area contributed by atoms with Crippen LogP contribution in [-0.2, 0) is 0 Å². The molecular weight excluding hydrogens is 171 g/mol. The number of nitrogens with one attached hydrogen (secondary N) is 1. The average Bonchev–Trinajstić information content (AvgIpc) is 2.83. The topological polar surface area (TPSA) is 34.0 Å². The number of rotatable bonds is 2. The van der Waals surface area contributed by atoms with E-state index in [9.17, 15) is 9.18 Å². The first kappa shape index (κ1) is 8.29. The normalized spacial score (nSPS) is 25.7. The first-order valence-corrected chi connectivity index (χ1v) is 4.27. The molecule has 0 bridgehead atoms. The van der Waals surface area contributed by atoms with Crippen molar-refractivity contribution < 1.29 is 4.39 Å². The van der Waals surface area contributed by atoms with Crippen molar-refractivity contribution in [1.82, 2.24) is 4.57 Å². The fourth-order valence-electron chi connectivity index (χ4n) is 1.40. The Kier molecular flexibility index (Phi) is 1.83. The van der Waals surface area contributed by atoms with Crippen LogP contribution in [0.2, 0.25) is 0 Å². The molecule has 1 aliphatic rings. The predicted molar refractivity (Wildman–Crippen MR) is 48.8 cm³/mol. The van der Waals surface area contributed by atoms with Crippen LogP contribution in [0.3, 0.4) is 0 Å². The van der Waals surface area contributed by atoms with Crippen LogP contribution in [0.1, 0.15) is 12.5 Å². The highest BCUT2D eigenvalue weighted by atomic mass is 19.1. The standard InChI is InChI=1S/C9H11FN2O/c1-11-7-3-2-4-12(9(7)13)8-5-6(8)10/h2-4,6,8,11H,5H2,1H3/t6-,8?/m1/s1. The monoisotopic (exact) mass is 182 g/mol. The van der Waals surface area contributed by atoms with Crippen molar-refractivity contribution in [1.29, 1.82) is 0 Å². The van der Waals surface area contributed by atoms with Gasteiger partial charge in [0.1, 0.15) is 11.9 Å². The molecule has 0 aromatic carbocycles. The Morgan fingerprint density at radius 3 is 2.92 bits per heavy atom. The zero-order valence-corrected chi connectivity index (χ0v) is 7.33. The molecule has 1 aromatic rings. The third-order valence-corrected chi connectivity index (χ3v) is 2.28. The van der Waals surface area contributed by atoms with E-state index < -0.39 is 6.17 Å². The second-order valence-electron chi connectivity index (χ2n) is 3.20. The molecule has 1 aromatic heterocycles. The van der Waals surface area contributed by atoms with Crippen LogP contribution >= 0.6 is 0 Å². The summed E-state index contributed by atoms with van der Waals surface area (Å²) in [5.74, 6) is 0. The number of aromatic nitrogens is 1. The van der Waals surface area contributed by atoms with Gasteiger partial charge < -0.3 is 9.88 Å². The van der Waals surface area contributed by atoms with Crippen LogP contribution in [0.4, 0.5) is 10.1 Å². The van der Waals surface area contributed by atoms with E-state index >= 15 is 0 Å². The minimum atomic E-state index is -0.843. The minimum absolute atomic E-state index is 0.143. The van der Waals surface area contributed by atoms with Crippen molar-refractivity contribution >= 4 is 5.69 Å². The highest BCUT2D eigenvalue weighted by Crippen LogP contribution is 2.37. The molecule has 1 N–H and O–H groups in total. The molecule has 3 nitrogen and oxygen atoms in total. The molecule has 13 heavy (non-hydrogen) atoms. The summed E-state index contributed by atoms with van der Waals surface area (Å²) >= 11 is 0. The van der Waals surface area contributed by atoms with Crippen LogP contribution in [0.25, 0.3) is 0 Å². The van der Waals surface area contributed by atoms with E-state index in [2.05, 4.69) is 5.32 Å². The van der Waals surface area contributed by atoms with E-state index in [-0.39, 0.29) is 11.6 Å². The number of hydrogen-bond acceptors (Lipinski definition) is 2. The second-order valence-corrected chi connectivity index (χ2v) is 3.20. The van der Waals surface area contributed by atoms with Gasteiger partial charge in [0.05, 0.1) is 6.04 Å². The summed E-state index contributed by atoms with van der Waals surface area (Å²) in [4.78, 5) is 11.6. The molecule has 2 atom stereocenters. The average molecular weight is 182 g/mol. The highest BCUT2D eigenvalue weighted by Gasteiger charge is 2.39. The van der Waals surface area contributed by atoms with Gasteiger partial charge in [0.25, 0.3) is 5.56 Å². The Morgan fingerprint density at radius 2 is 2.38 bits per heavy atom. The largest absolute Gasteiger partial charge is 0.384 e. The van der Waals surface area contributed by atoms with Gasteiger partial charge in [0.2, 0.25) is 0 Å². The molecule has 2 rings (SSSR count). The van der Waals surface area contributed by atoms with Crippen LogP contribution in [0, 0.1) is 0 Å². The first-order chi connectivity index (χ1) is 6.24. The molecular formula is C9H11FN2O. The fourth-order valence-corrected chi connectivity index (χ4v) is 1.40. The Morgan fingerprint density at radius 1 is 1.69 bits per heavy atom. The van der Waals surface area contributed by atoms with Crippen molar-refractivity contribution in [2.45, 2.75) is 18.6 Å². The van der Waals surface area contributed by atoms with Gasteiger partial charge in [-0.3, -0.25) is 4.79 Å². The SMILES string of the molecule is CNc1cccn(C2C[C@H]2F)c1=O. The van der Waals surface area contributed by atoms with Crippen molar-refractivity contribution in [2.24, 2.45) is 0 Å². The van der Waals surface area contributed by atoms with Crippen molar-refractivity contribution in [3.8, 4) is 0 Å². The van der Waals surface area contributed by atoms with E-state index in [0.29, 0.717) is 12.1 Å². The lowest BCUT2D eigenvalue weighted by molar-refractivity contribution is 0.438. The molecule has 1 heterocycles. The Hall–Kier alpha value is -1.32. The maximum Gasteiger partial charge on any atom is 0.274 e. The Bertz CT molecular complexity index is 374. The van der Waals surface area contributed by atoms with Gasteiger partial charge in [0.15, 0.2) is 0 Å². The lowest BCUT2D eigenvalue weighted by Crippen LogP contribution is -2.21. The molecule has 1 saturated carbocycles. The van der Waals surface area contributed by atoms with Crippen molar-refractivity contribution in [3.05, 3.63) is 28.7 Å². The van der Waals surface area contributed by atoms with Gasteiger partial charge in [-0.15, -0.1) is 0 Å². The summed E-state index contributed by atoms with van der Waals surface area (Å²) in [6, 6.07) is 3.20. The zero-order valence-electron chi connectivity index (χ0n) is 7.33. The fraction of sp³-hybridized carbons (Fsp3) is 0.444. The third kappa shape index (κ3) is 1.32. The van der Waals surface area contributed by atoms with Gasteiger partial charge in [-0.05, 0) is 12.1 Å². The van der Waals surface area contributed by atoms with E-state index in [1.807, 2.05) is 0 Å². The number of pyridine rings is 1. The summed E-state index contributed by atoms with van der Waals surface area (Å²) in [6.45, 7) is 0. The van der Waals surface area contributed by atoms with Gasteiger partial charge in [-0.1, -0.05) is 0 Å². The highest BCUT2D eigenvalue weighted by molar-refractivity contribution is 5.39. The minimum Gasteiger partial charge on any atom is -0.384 e. The summed E-state index contributed by atoms with van der Waals surface area (Å²) < 4.78 is 14.2. The lowest BCUT2D eigenvalue weighted by atomic mass is 10.4. The number of nitrogens with zero attached hydrogens (tertiary/aromatic N) is 1. The number of hydrogen-bond donors (Lipinski definition) is 1. The van der Waals surface area contributed by atoms with E-state index in [4.69, 9.17) is 0 Å². The second kappa shape index (κ2) is 2.87. The lowest BCUT2D eigenvalue weighted by Gasteiger charge is -2.05. The van der Waals surface area contributed by atoms with Crippen molar-refractivity contribution in [3.63, 3.8) is 0 Å². The smallest absolute Gasteiger partial charge is 0.274 e. The van der Waals surface area contributed by atoms with Crippen LogP contribution < -0.4 is 10.9 Å². The first-order valence-electron chi connectivity index (χ1n) is 4.27. The predicted octanol–water partition coefficient (Wildman–Crippen LogP) is 1.17. The number of alkyl halides is 1. The van der Waals surface area contributed by atoms with E-state index in [1.54, 1.807) is 25.4 Å². The third-order valence-electron chi connectivity index (χ3n) is 2.28. The molecule has 0 aliphatic heterocycles. The molecule has 0 spiro atoms. The molecule has 0 radical (unpaired) electrons. The summed E-state index contributed by atoms with van der Waals surface area (Å²) in [5.41, 5.74) is 0.372. The van der Waals surface area contributed by atoms with Gasteiger partial charge in [0, 0.05) is 19.7 Å². The number of halogens is 1. The van der Waals surface area contributed by atoms with Crippen LogP contribution in [0.15, 0.2) is 23.1 Å². The van der Waals surface area contributed by atoms with Gasteiger partial charge in [-0.2, -0.15) is 0 Å². The van der Waals surface area contributed by atoms with Gasteiger partial charge in [-0.25, -0.2) is 4.39 Å². The van der Waals surface area contributed by atoms with Gasteiger partial charge >= 0.3 is 0 Å². The molecule has 0 saturated heterocycles. The molecule has 0 amide bonds. The zero-order chi connectivity index (χ0) is 9.42. The molecule has 4 heteroatoms. The van der Waals surface area contributed by atoms with E-state index in [0.717, 1.165) is 0 Å². The van der Waals surface area contributed by atoms with Crippen LogP contribution in [-0.4, -0.2) is 17.8 Å². The Labute approximate surface area is 75.2 Å². The summed E-state index contributed by atoms with van der Waals surface area (Å²) in [6.07, 6.45) is 1.25. The van der Waals surface area contributed by atoms with E-state index in [1.165, 1.54) is 4.57 Å². The number of anilines is 1. The quantitative estimate of drug-likeness (QED) is 0.745. The van der Waals surface area contributed by atoms with Crippen LogP contribution in [0.5, 0.6) is 0 Å². The Balaban J connectivity index is 2.41. The molecule has 1 unspecified atom stereocenters. The molecule has 1 aliphatic carbocycles.